The van der Waals surface area contributed by atoms with Gasteiger partial charge in [-0.05, 0) is 24.6 Å². The number of benzene rings is 1. The summed E-state index contributed by atoms with van der Waals surface area (Å²) >= 11 is 0. The summed E-state index contributed by atoms with van der Waals surface area (Å²) in [6.07, 6.45) is 1.44. The topological polar surface area (TPSA) is 50.8 Å². The highest BCUT2D eigenvalue weighted by atomic mass is 16.7. The van der Waals surface area contributed by atoms with Crippen molar-refractivity contribution in [3.63, 3.8) is 0 Å². The van der Waals surface area contributed by atoms with E-state index in [0.29, 0.717) is 18.5 Å². The molecule has 1 fully saturated rings. The summed E-state index contributed by atoms with van der Waals surface area (Å²) in [6.45, 7) is 2.03. The summed E-state index contributed by atoms with van der Waals surface area (Å²) in [7, 11) is 3.91. The van der Waals surface area contributed by atoms with Crippen molar-refractivity contribution in [3.8, 4) is 0 Å². The Hall–Kier alpha value is -1.59. The van der Waals surface area contributed by atoms with E-state index in [-0.39, 0.29) is 12.2 Å². The van der Waals surface area contributed by atoms with Crippen molar-refractivity contribution in [1.29, 1.82) is 0 Å². The highest BCUT2D eigenvalue weighted by Crippen LogP contribution is 2.13. The first kappa shape index (κ1) is 14.8. The van der Waals surface area contributed by atoms with E-state index in [1.807, 2.05) is 43.3 Å². The molecule has 1 aromatic carbocycles. The van der Waals surface area contributed by atoms with Crippen LogP contribution in [0, 0.1) is 0 Å². The van der Waals surface area contributed by atoms with Crippen molar-refractivity contribution in [2.45, 2.75) is 19.1 Å². The number of rotatable bonds is 5. The molecule has 1 aliphatic rings. The molecule has 1 heterocycles. The zero-order valence-corrected chi connectivity index (χ0v) is 12.1. The van der Waals surface area contributed by atoms with Gasteiger partial charge in [0.15, 0.2) is 6.29 Å². The smallest absolute Gasteiger partial charge is 0.251 e. The second-order valence-corrected chi connectivity index (χ2v) is 5.01. The first-order chi connectivity index (χ1) is 9.66. The molecule has 1 amide bonds. The quantitative estimate of drug-likeness (QED) is 0.889. The molecule has 0 spiro atoms. The normalized spacial score (nSPS) is 15.9. The lowest BCUT2D eigenvalue weighted by Crippen LogP contribution is -2.31. The van der Waals surface area contributed by atoms with Gasteiger partial charge in [-0.2, -0.15) is 0 Å². The molecule has 0 radical (unpaired) electrons. The largest absolute Gasteiger partial charge is 0.378 e. The Morgan fingerprint density at radius 3 is 2.80 bits per heavy atom. The standard InChI is InChI=1S/C15H22N2O3/c1-17(2)13-6-3-5-12(11-13)15(18)16-8-7-14-19-9-4-10-20-14/h3,5-6,11,14H,4,7-10H2,1-2H3,(H,16,18). The Morgan fingerprint density at radius 2 is 2.10 bits per heavy atom. The molecule has 5 heteroatoms. The lowest BCUT2D eigenvalue weighted by Gasteiger charge is -2.23. The van der Waals surface area contributed by atoms with Crippen LogP contribution in [0.25, 0.3) is 0 Å². The molecule has 1 saturated heterocycles. The maximum atomic E-state index is 12.0. The molecule has 0 bridgehead atoms. The number of hydrogen-bond donors (Lipinski definition) is 1. The van der Waals surface area contributed by atoms with Gasteiger partial charge in [0.1, 0.15) is 0 Å². The number of anilines is 1. The molecule has 0 unspecified atom stereocenters. The summed E-state index contributed by atoms with van der Waals surface area (Å²) in [4.78, 5) is 14.0. The van der Waals surface area contributed by atoms with E-state index in [1.165, 1.54) is 0 Å². The van der Waals surface area contributed by atoms with E-state index in [2.05, 4.69) is 5.32 Å². The van der Waals surface area contributed by atoms with Crippen LogP contribution in [0.1, 0.15) is 23.2 Å². The average molecular weight is 278 g/mol. The number of carbonyl (C=O) groups excluding carboxylic acids is 1. The fourth-order valence-electron chi connectivity index (χ4n) is 2.03. The molecule has 2 rings (SSSR count). The molecule has 1 aromatic rings. The lowest BCUT2D eigenvalue weighted by molar-refractivity contribution is -0.180. The highest BCUT2D eigenvalue weighted by Gasteiger charge is 2.14. The molecule has 5 nitrogen and oxygen atoms in total. The van der Waals surface area contributed by atoms with Crippen LogP contribution in [-0.4, -0.2) is 46.1 Å². The van der Waals surface area contributed by atoms with Gasteiger partial charge in [-0.15, -0.1) is 0 Å². The third kappa shape index (κ3) is 4.21. The maximum Gasteiger partial charge on any atom is 0.251 e. The van der Waals surface area contributed by atoms with Crippen molar-refractivity contribution in [1.82, 2.24) is 5.32 Å². The predicted octanol–water partition coefficient (Wildman–Crippen LogP) is 1.64. The van der Waals surface area contributed by atoms with E-state index >= 15 is 0 Å². The molecule has 0 saturated carbocycles. The van der Waals surface area contributed by atoms with Crippen molar-refractivity contribution < 1.29 is 14.3 Å². The monoisotopic (exact) mass is 278 g/mol. The summed E-state index contributed by atoms with van der Waals surface area (Å²) in [5.74, 6) is -0.0653. The Bertz CT molecular complexity index is 442. The molecule has 0 atom stereocenters. The average Bonchev–Trinajstić information content (AvgIpc) is 2.48. The Labute approximate surface area is 119 Å². The fraction of sp³-hybridized carbons (Fsp3) is 0.533. The number of nitrogens with zero attached hydrogens (tertiary/aromatic N) is 1. The zero-order chi connectivity index (χ0) is 14.4. The minimum absolute atomic E-state index is 0.0653. The molecule has 1 aliphatic heterocycles. The summed E-state index contributed by atoms with van der Waals surface area (Å²) < 4.78 is 10.9. The van der Waals surface area contributed by atoms with Gasteiger partial charge in [0.25, 0.3) is 5.91 Å². The summed E-state index contributed by atoms with van der Waals surface area (Å²) in [5, 5.41) is 2.89. The van der Waals surface area contributed by atoms with Crippen LogP contribution in [0.15, 0.2) is 24.3 Å². The minimum atomic E-state index is -0.183. The van der Waals surface area contributed by atoms with Crippen molar-refractivity contribution in [2.24, 2.45) is 0 Å². The third-order valence-corrected chi connectivity index (χ3v) is 3.19. The first-order valence-electron chi connectivity index (χ1n) is 6.95. The summed E-state index contributed by atoms with van der Waals surface area (Å²) in [6, 6.07) is 7.55. The highest BCUT2D eigenvalue weighted by molar-refractivity contribution is 5.95. The van der Waals surface area contributed by atoms with E-state index < -0.39 is 0 Å². The summed E-state index contributed by atoms with van der Waals surface area (Å²) in [5.41, 5.74) is 1.68. The second-order valence-electron chi connectivity index (χ2n) is 5.01. The van der Waals surface area contributed by atoms with Gasteiger partial charge in [-0.25, -0.2) is 0 Å². The van der Waals surface area contributed by atoms with Gasteiger partial charge in [0, 0.05) is 38.3 Å². The van der Waals surface area contributed by atoms with E-state index in [9.17, 15) is 4.79 Å². The molecule has 1 N–H and O–H groups in total. The Morgan fingerprint density at radius 1 is 1.35 bits per heavy atom. The lowest BCUT2D eigenvalue weighted by atomic mass is 10.2. The van der Waals surface area contributed by atoms with Crippen LogP contribution in [0.5, 0.6) is 0 Å². The number of amides is 1. The molecule has 0 aliphatic carbocycles. The van der Waals surface area contributed by atoms with Crippen LogP contribution in [0.3, 0.4) is 0 Å². The fourth-order valence-corrected chi connectivity index (χ4v) is 2.03. The molecule has 20 heavy (non-hydrogen) atoms. The van der Waals surface area contributed by atoms with E-state index in [1.54, 1.807) is 0 Å². The number of nitrogens with one attached hydrogen (secondary N) is 1. The van der Waals surface area contributed by atoms with Gasteiger partial charge in [-0.3, -0.25) is 4.79 Å². The second kappa shape index (κ2) is 7.26. The Kier molecular flexibility index (Phi) is 5.38. The van der Waals surface area contributed by atoms with Crippen LogP contribution < -0.4 is 10.2 Å². The van der Waals surface area contributed by atoms with Gasteiger partial charge in [0.2, 0.25) is 0 Å². The van der Waals surface area contributed by atoms with Crippen LogP contribution in [-0.2, 0) is 9.47 Å². The van der Waals surface area contributed by atoms with Gasteiger partial charge in [-0.1, -0.05) is 6.07 Å². The van der Waals surface area contributed by atoms with E-state index in [4.69, 9.17) is 9.47 Å². The molecular formula is C15H22N2O3. The minimum Gasteiger partial charge on any atom is -0.378 e. The molecular weight excluding hydrogens is 256 g/mol. The van der Waals surface area contributed by atoms with Crippen LogP contribution >= 0.6 is 0 Å². The molecule has 110 valence electrons. The number of hydrogen-bond acceptors (Lipinski definition) is 4. The van der Waals surface area contributed by atoms with Crippen molar-refractivity contribution in [3.05, 3.63) is 29.8 Å². The van der Waals surface area contributed by atoms with Gasteiger partial charge in [0.05, 0.1) is 13.2 Å². The van der Waals surface area contributed by atoms with Gasteiger partial charge < -0.3 is 19.7 Å². The maximum absolute atomic E-state index is 12.0. The van der Waals surface area contributed by atoms with Crippen molar-refractivity contribution >= 4 is 11.6 Å². The van der Waals surface area contributed by atoms with Gasteiger partial charge >= 0.3 is 0 Å². The predicted molar refractivity (Wildman–Crippen MR) is 78.0 cm³/mol. The molecule has 0 aromatic heterocycles. The first-order valence-corrected chi connectivity index (χ1v) is 6.95. The van der Waals surface area contributed by atoms with Crippen molar-refractivity contribution in [2.75, 3.05) is 38.8 Å². The number of ether oxygens (including phenoxy) is 2. The Balaban J connectivity index is 1.80. The van der Waals surface area contributed by atoms with Crippen LogP contribution in [0.2, 0.25) is 0 Å². The SMILES string of the molecule is CN(C)c1cccc(C(=O)NCCC2OCCCO2)c1. The van der Waals surface area contributed by atoms with E-state index in [0.717, 1.165) is 25.3 Å². The van der Waals surface area contributed by atoms with Crippen LogP contribution in [0.4, 0.5) is 5.69 Å². The zero-order valence-electron chi connectivity index (χ0n) is 12.1. The number of carbonyl (C=O) groups is 1. The third-order valence-electron chi connectivity index (χ3n) is 3.19.